The minimum absolute atomic E-state index is 0.0258. The first-order valence-electron chi connectivity index (χ1n) is 8.39. The van der Waals surface area contributed by atoms with Crippen LogP contribution < -0.4 is 0 Å². The van der Waals surface area contributed by atoms with Crippen LogP contribution in [0.2, 0.25) is 0 Å². The minimum atomic E-state index is -0.0258. The maximum absolute atomic E-state index is 5.93. The molecular formula is C17H22N6O. The first-order valence-corrected chi connectivity index (χ1v) is 8.39. The molecule has 0 amide bonds. The van der Waals surface area contributed by atoms with Crippen molar-refractivity contribution in [3.8, 4) is 0 Å². The van der Waals surface area contributed by atoms with Gasteiger partial charge in [0.25, 0.3) is 0 Å². The van der Waals surface area contributed by atoms with E-state index < -0.39 is 0 Å². The van der Waals surface area contributed by atoms with Crippen molar-refractivity contribution in [3.05, 3.63) is 47.9 Å². The van der Waals surface area contributed by atoms with E-state index in [1.54, 1.807) is 6.33 Å². The second-order valence-electron chi connectivity index (χ2n) is 6.25. The molecule has 4 heterocycles. The number of pyridine rings is 1. The third-order valence-corrected chi connectivity index (χ3v) is 4.54. The van der Waals surface area contributed by atoms with Crippen molar-refractivity contribution in [2.75, 3.05) is 19.7 Å². The molecule has 0 unspecified atom stereocenters. The van der Waals surface area contributed by atoms with Gasteiger partial charge in [-0.3, -0.25) is 4.90 Å². The van der Waals surface area contributed by atoms with Gasteiger partial charge in [0.05, 0.1) is 18.5 Å². The molecule has 24 heavy (non-hydrogen) atoms. The number of fused-ring (bicyclic) bond motifs is 1. The fraction of sp³-hybridized carbons (Fsp3) is 0.471. The van der Waals surface area contributed by atoms with Gasteiger partial charge in [-0.25, -0.2) is 4.98 Å². The molecule has 0 spiro atoms. The third-order valence-electron chi connectivity index (χ3n) is 4.54. The fourth-order valence-electron chi connectivity index (χ4n) is 3.24. The summed E-state index contributed by atoms with van der Waals surface area (Å²) in [6.45, 7) is 8.34. The Morgan fingerprint density at radius 3 is 3.12 bits per heavy atom. The van der Waals surface area contributed by atoms with E-state index in [4.69, 9.17) is 4.74 Å². The molecule has 4 rings (SSSR count). The molecule has 1 aliphatic heterocycles. The molecule has 0 saturated carbocycles. The van der Waals surface area contributed by atoms with Crippen LogP contribution in [0.1, 0.15) is 30.1 Å². The van der Waals surface area contributed by atoms with E-state index in [1.807, 2.05) is 10.8 Å². The van der Waals surface area contributed by atoms with E-state index in [-0.39, 0.29) is 6.10 Å². The smallest absolute Gasteiger partial charge is 0.163 e. The van der Waals surface area contributed by atoms with Crippen LogP contribution in [-0.4, -0.2) is 48.7 Å². The molecule has 1 atom stereocenters. The predicted molar refractivity (Wildman–Crippen MR) is 89.6 cm³/mol. The van der Waals surface area contributed by atoms with Crippen molar-refractivity contribution in [1.29, 1.82) is 0 Å². The Kier molecular flexibility index (Phi) is 4.03. The van der Waals surface area contributed by atoms with Gasteiger partial charge in [-0.2, -0.15) is 0 Å². The van der Waals surface area contributed by atoms with Gasteiger partial charge in [-0.15, -0.1) is 10.2 Å². The van der Waals surface area contributed by atoms with E-state index in [0.717, 1.165) is 37.7 Å². The highest BCUT2D eigenvalue weighted by molar-refractivity contribution is 5.41. The second kappa shape index (κ2) is 6.33. The molecule has 1 aliphatic rings. The monoisotopic (exact) mass is 326 g/mol. The predicted octanol–water partition coefficient (Wildman–Crippen LogP) is 1.83. The van der Waals surface area contributed by atoms with Crippen LogP contribution >= 0.6 is 0 Å². The first kappa shape index (κ1) is 15.3. The van der Waals surface area contributed by atoms with E-state index in [2.05, 4.69) is 56.7 Å². The van der Waals surface area contributed by atoms with Crippen molar-refractivity contribution in [2.45, 2.75) is 33.0 Å². The topological polar surface area (TPSA) is 60.5 Å². The van der Waals surface area contributed by atoms with E-state index in [0.29, 0.717) is 6.61 Å². The Hall–Kier alpha value is -2.25. The lowest BCUT2D eigenvalue weighted by Crippen LogP contribution is -2.39. The molecule has 3 aromatic heterocycles. The van der Waals surface area contributed by atoms with Gasteiger partial charge < -0.3 is 13.7 Å². The molecule has 0 N–H and O–H groups in total. The van der Waals surface area contributed by atoms with Gasteiger partial charge in [-0.1, -0.05) is 6.07 Å². The summed E-state index contributed by atoms with van der Waals surface area (Å²) in [6.07, 6.45) is 5.85. The highest BCUT2D eigenvalue weighted by atomic mass is 16.5. The summed E-state index contributed by atoms with van der Waals surface area (Å²) in [4.78, 5) is 6.90. The largest absolute Gasteiger partial charge is 0.368 e. The molecule has 1 saturated heterocycles. The molecule has 0 radical (unpaired) electrons. The van der Waals surface area contributed by atoms with Crippen molar-refractivity contribution >= 4 is 5.65 Å². The Morgan fingerprint density at radius 2 is 2.25 bits per heavy atom. The number of rotatable bonds is 4. The Labute approximate surface area is 140 Å². The van der Waals surface area contributed by atoms with Crippen LogP contribution in [0.5, 0.6) is 0 Å². The van der Waals surface area contributed by atoms with Gasteiger partial charge in [0, 0.05) is 32.4 Å². The van der Waals surface area contributed by atoms with Crippen LogP contribution in [0.15, 0.2) is 30.9 Å². The normalized spacial score (nSPS) is 19.2. The maximum Gasteiger partial charge on any atom is 0.163 e. The van der Waals surface area contributed by atoms with Crippen LogP contribution in [0.3, 0.4) is 0 Å². The zero-order valence-corrected chi connectivity index (χ0v) is 14.1. The summed E-state index contributed by atoms with van der Waals surface area (Å²) in [5, 5.41) is 8.27. The summed E-state index contributed by atoms with van der Waals surface area (Å²) in [5.41, 5.74) is 3.43. The second-order valence-corrected chi connectivity index (χ2v) is 6.25. The van der Waals surface area contributed by atoms with Crippen molar-refractivity contribution in [2.24, 2.45) is 0 Å². The van der Waals surface area contributed by atoms with Crippen LogP contribution in [0, 0.1) is 6.92 Å². The van der Waals surface area contributed by atoms with E-state index in [1.165, 1.54) is 11.3 Å². The van der Waals surface area contributed by atoms with Gasteiger partial charge in [0.2, 0.25) is 0 Å². The molecule has 0 aliphatic carbocycles. The van der Waals surface area contributed by atoms with Crippen LogP contribution in [0.4, 0.5) is 0 Å². The maximum atomic E-state index is 5.93. The molecule has 126 valence electrons. The molecule has 7 heteroatoms. The lowest BCUT2D eigenvalue weighted by molar-refractivity contribution is -0.0392. The summed E-state index contributed by atoms with van der Waals surface area (Å²) in [6, 6.07) is 4.15. The standard InChI is InChI=1S/C17H22N6O/c1-3-22-12-19-20-17(22)15-11-21(6-7-24-15)10-14-8-18-16-5-4-13(2)9-23(14)16/h4-5,8-9,12,15H,3,6-7,10-11H2,1-2H3/t15-/m0/s1. The molecule has 3 aromatic rings. The average molecular weight is 326 g/mol. The zero-order valence-electron chi connectivity index (χ0n) is 14.1. The Bertz CT molecular complexity index is 839. The molecule has 0 aromatic carbocycles. The van der Waals surface area contributed by atoms with Gasteiger partial charge in [0.15, 0.2) is 5.82 Å². The number of hydrogen-bond donors (Lipinski definition) is 0. The number of aryl methyl sites for hydroxylation is 2. The lowest BCUT2D eigenvalue weighted by Gasteiger charge is -2.32. The number of aromatic nitrogens is 5. The van der Waals surface area contributed by atoms with Crippen LogP contribution in [-0.2, 0) is 17.8 Å². The Morgan fingerprint density at radius 1 is 1.33 bits per heavy atom. The number of imidazole rings is 1. The summed E-state index contributed by atoms with van der Waals surface area (Å²) in [7, 11) is 0. The number of nitrogens with zero attached hydrogens (tertiary/aromatic N) is 6. The van der Waals surface area contributed by atoms with Crippen molar-refractivity contribution < 1.29 is 4.74 Å². The van der Waals surface area contributed by atoms with Crippen molar-refractivity contribution in [1.82, 2.24) is 29.0 Å². The highest BCUT2D eigenvalue weighted by Crippen LogP contribution is 2.22. The van der Waals surface area contributed by atoms with Gasteiger partial charge in [0.1, 0.15) is 18.1 Å². The number of hydrogen-bond acceptors (Lipinski definition) is 5. The van der Waals surface area contributed by atoms with Crippen molar-refractivity contribution in [3.63, 3.8) is 0 Å². The number of morpholine rings is 1. The third kappa shape index (κ3) is 2.81. The van der Waals surface area contributed by atoms with E-state index in [9.17, 15) is 0 Å². The molecule has 1 fully saturated rings. The minimum Gasteiger partial charge on any atom is -0.368 e. The number of ether oxygens (including phenoxy) is 1. The zero-order chi connectivity index (χ0) is 16.5. The van der Waals surface area contributed by atoms with E-state index >= 15 is 0 Å². The quantitative estimate of drug-likeness (QED) is 0.732. The summed E-state index contributed by atoms with van der Waals surface area (Å²) < 4.78 is 10.2. The van der Waals surface area contributed by atoms with Crippen LogP contribution in [0.25, 0.3) is 5.65 Å². The molecule has 0 bridgehead atoms. The Balaban J connectivity index is 1.53. The first-order chi connectivity index (χ1) is 11.7. The SMILES string of the molecule is CCn1cnnc1[C@@H]1CN(Cc2cnc3ccc(C)cn23)CCO1. The summed E-state index contributed by atoms with van der Waals surface area (Å²) >= 11 is 0. The lowest BCUT2D eigenvalue weighted by atomic mass is 10.2. The highest BCUT2D eigenvalue weighted by Gasteiger charge is 2.26. The fourth-order valence-corrected chi connectivity index (χ4v) is 3.24. The van der Waals surface area contributed by atoms with Gasteiger partial charge >= 0.3 is 0 Å². The average Bonchev–Trinajstić information content (AvgIpc) is 3.22. The molecule has 7 nitrogen and oxygen atoms in total. The summed E-state index contributed by atoms with van der Waals surface area (Å²) in [5.74, 6) is 0.913. The molecular weight excluding hydrogens is 304 g/mol. The van der Waals surface area contributed by atoms with Gasteiger partial charge in [-0.05, 0) is 25.5 Å².